The van der Waals surface area contributed by atoms with Crippen molar-refractivity contribution in [3.8, 4) is 11.3 Å². The Morgan fingerprint density at radius 3 is 2.74 bits per heavy atom. The van der Waals surface area contributed by atoms with Crippen LogP contribution in [-0.4, -0.2) is 23.0 Å². The van der Waals surface area contributed by atoms with Crippen molar-refractivity contribution in [3.63, 3.8) is 0 Å². The van der Waals surface area contributed by atoms with Gasteiger partial charge in [0.2, 0.25) is 0 Å². The second-order valence-electron chi connectivity index (χ2n) is 9.54. The number of aromatic nitrogens is 1. The number of hydrogen-bond donors (Lipinski definition) is 0. The molecule has 1 aliphatic heterocycles. The molecule has 0 saturated carbocycles. The summed E-state index contributed by atoms with van der Waals surface area (Å²) < 4.78 is 0. The summed E-state index contributed by atoms with van der Waals surface area (Å²) in [5, 5.41) is 0. The fourth-order valence-corrected chi connectivity index (χ4v) is 5.31. The van der Waals surface area contributed by atoms with Crippen molar-refractivity contribution < 1.29 is 0 Å². The van der Waals surface area contributed by atoms with Gasteiger partial charge in [-0.25, -0.2) is 4.98 Å². The van der Waals surface area contributed by atoms with Crippen molar-refractivity contribution in [2.45, 2.75) is 65.7 Å². The smallest absolute Gasteiger partial charge is 0.0712 e. The summed E-state index contributed by atoms with van der Waals surface area (Å²) in [6.07, 6.45) is 10.7. The van der Waals surface area contributed by atoms with Crippen molar-refractivity contribution in [2.24, 2.45) is 11.8 Å². The number of likely N-dealkylation sites (tertiary alicyclic amines) is 1. The lowest BCUT2D eigenvalue weighted by Gasteiger charge is -2.26. The third-order valence-corrected chi connectivity index (χ3v) is 7.30. The molecule has 2 nitrogen and oxygen atoms in total. The first kappa shape index (κ1) is 21.9. The van der Waals surface area contributed by atoms with E-state index in [1.54, 1.807) is 0 Å². The van der Waals surface area contributed by atoms with Crippen molar-refractivity contribution in [2.75, 3.05) is 13.1 Å². The van der Waals surface area contributed by atoms with Crippen molar-refractivity contribution in [1.82, 2.24) is 9.88 Å². The first-order chi connectivity index (χ1) is 15.1. The molecule has 1 saturated heterocycles. The highest BCUT2D eigenvalue weighted by Crippen LogP contribution is 2.34. The van der Waals surface area contributed by atoms with Gasteiger partial charge in [-0.3, -0.25) is 0 Å². The number of pyridine rings is 1. The molecule has 0 N–H and O–H groups in total. The minimum atomic E-state index is 0.597. The third-order valence-electron chi connectivity index (χ3n) is 7.30. The van der Waals surface area contributed by atoms with Crippen LogP contribution in [0.1, 0.15) is 69.7 Å². The number of allylic oxidation sites excluding steroid dienone is 2. The lowest BCUT2D eigenvalue weighted by molar-refractivity contribution is 0.348. The standard InChI is InChI=1S/C29H38N2/c1-5-10-21(3)22(4)31-16-15-24(20-31)17-26-19-28(25-11-8-7-9-12-25)30-29-18-23(6-2)13-14-27(26)29/h7-9,11-12,18-19,21,24H,4-6,10,13-17,20H2,1-3H3. The van der Waals surface area contributed by atoms with Gasteiger partial charge in [-0.15, -0.1) is 0 Å². The molecule has 2 unspecified atom stereocenters. The second-order valence-corrected chi connectivity index (χ2v) is 9.54. The van der Waals surface area contributed by atoms with E-state index in [0.29, 0.717) is 11.8 Å². The maximum absolute atomic E-state index is 5.10. The van der Waals surface area contributed by atoms with Gasteiger partial charge in [-0.1, -0.05) is 69.7 Å². The van der Waals surface area contributed by atoms with Gasteiger partial charge < -0.3 is 4.90 Å². The quantitative estimate of drug-likeness (QED) is 0.450. The Kier molecular flexibility index (Phi) is 6.95. The van der Waals surface area contributed by atoms with E-state index in [9.17, 15) is 0 Å². The van der Waals surface area contributed by atoms with Crippen LogP contribution in [0, 0.1) is 11.8 Å². The van der Waals surface area contributed by atoms with Gasteiger partial charge in [0.05, 0.1) is 11.4 Å². The topological polar surface area (TPSA) is 16.1 Å². The molecule has 1 aromatic carbocycles. The van der Waals surface area contributed by atoms with Crippen molar-refractivity contribution in [1.29, 1.82) is 0 Å². The van der Waals surface area contributed by atoms with Crippen LogP contribution in [0.4, 0.5) is 0 Å². The monoisotopic (exact) mass is 414 g/mol. The summed E-state index contributed by atoms with van der Waals surface area (Å²) in [7, 11) is 0. The summed E-state index contributed by atoms with van der Waals surface area (Å²) in [6, 6.07) is 13.1. The van der Waals surface area contributed by atoms with E-state index in [0.717, 1.165) is 38.0 Å². The summed E-state index contributed by atoms with van der Waals surface area (Å²) in [6.45, 7) is 13.6. The van der Waals surface area contributed by atoms with E-state index < -0.39 is 0 Å². The highest BCUT2D eigenvalue weighted by atomic mass is 15.2. The van der Waals surface area contributed by atoms with Crippen LogP contribution in [0.3, 0.4) is 0 Å². The summed E-state index contributed by atoms with van der Waals surface area (Å²) >= 11 is 0. The third kappa shape index (κ3) is 4.95. The summed E-state index contributed by atoms with van der Waals surface area (Å²) in [5.41, 5.74) is 9.46. The van der Waals surface area contributed by atoms with Crippen LogP contribution in [0.15, 0.2) is 54.2 Å². The summed E-state index contributed by atoms with van der Waals surface area (Å²) in [5.74, 6) is 1.30. The molecule has 164 valence electrons. The Bertz CT molecular complexity index is 941. The van der Waals surface area contributed by atoms with Gasteiger partial charge in [-0.05, 0) is 73.6 Å². The SMILES string of the molecule is C=C(C(C)CCC)N1CCC(Cc2cc(-c3ccccc3)nc3c2CCC(CC)=C3)C1. The highest BCUT2D eigenvalue weighted by molar-refractivity contribution is 5.66. The molecule has 1 fully saturated rings. The van der Waals surface area contributed by atoms with Crippen LogP contribution in [-0.2, 0) is 12.8 Å². The predicted molar refractivity (Wildman–Crippen MR) is 133 cm³/mol. The first-order valence-electron chi connectivity index (χ1n) is 12.3. The lowest BCUT2D eigenvalue weighted by Crippen LogP contribution is -2.24. The number of benzene rings is 1. The zero-order chi connectivity index (χ0) is 21.8. The average molecular weight is 415 g/mol. The molecule has 0 bridgehead atoms. The molecule has 2 atom stereocenters. The highest BCUT2D eigenvalue weighted by Gasteiger charge is 2.27. The maximum Gasteiger partial charge on any atom is 0.0712 e. The Hall–Kier alpha value is -2.35. The molecule has 1 aliphatic carbocycles. The lowest BCUT2D eigenvalue weighted by atomic mass is 9.86. The van der Waals surface area contributed by atoms with Gasteiger partial charge in [0.25, 0.3) is 0 Å². The average Bonchev–Trinajstić information content (AvgIpc) is 3.27. The number of hydrogen-bond acceptors (Lipinski definition) is 2. The molecular weight excluding hydrogens is 376 g/mol. The van der Waals surface area contributed by atoms with E-state index in [-0.39, 0.29) is 0 Å². The number of rotatable bonds is 8. The zero-order valence-electron chi connectivity index (χ0n) is 19.7. The molecular formula is C29H38N2. The Labute approximate surface area is 189 Å². The molecule has 2 heterocycles. The molecule has 4 rings (SSSR count). The van der Waals surface area contributed by atoms with Crippen LogP contribution in [0.25, 0.3) is 17.3 Å². The van der Waals surface area contributed by atoms with Gasteiger partial charge >= 0.3 is 0 Å². The molecule has 0 radical (unpaired) electrons. The zero-order valence-corrected chi connectivity index (χ0v) is 19.7. The first-order valence-corrected chi connectivity index (χ1v) is 12.3. The summed E-state index contributed by atoms with van der Waals surface area (Å²) in [4.78, 5) is 7.66. The van der Waals surface area contributed by atoms with E-state index in [4.69, 9.17) is 4.98 Å². The van der Waals surface area contributed by atoms with E-state index in [1.807, 2.05) is 0 Å². The van der Waals surface area contributed by atoms with E-state index in [1.165, 1.54) is 59.3 Å². The molecule has 0 amide bonds. The van der Waals surface area contributed by atoms with Crippen molar-refractivity contribution >= 4 is 6.08 Å². The molecule has 2 aliphatic rings. The second kappa shape index (κ2) is 9.85. The number of nitrogens with zero attached hydrogens (tertiary/aromatic N) is 2. The van der Waals surface area contributed by atoms with Crippen LogP contribution < -0.4 is 0 Å². The Morgan fingerprint density at radius 2 is 2.00 bits per heavy atom. The molecule has 31 heavy (non-hydrogen) atoms. The minimum Gasteiger partial charge on any atom is -0.375 e. The van der Waals surface area contributed by atoms with Gasteiger partial charge in [0.1, 0.15) is 0 Å². The van der Waals surface area contributed by atoms with Crippen LogP contribution >= 0.6 is 0 Å². The largest absolute Gasteiger partial charge is 0.375 e. The van der Waals surface area contributed by atoms with E-state index >= 15 is 0 Å². The predicted octanol–water partition coefficient (Wildman–Crippen LogP) is 7.30. The number of fused-ring (bicyclic) bond motifs is 1. The maximum atomic E-state index is 5.10. The fourth-order valence-electron chi connectivity index (χ4n) is 5.31. The molecule has 0 spiro atoms. The van der Waals surface area contributed by atoms with Crippen molar-refractivity contribution in [3.05, 3.63) is 71.1 Å². The Morgan fingerprint density at radius 1 is 1.19 bits per heavy atom. The normalized spacial score (nSPS) is 19.1. The van der Waals surface area contributed by atoms with Gasteiger partial charge in [-0.2, -0.15) is 0 Å². The minimum absolute atomic E-state index is 0.597. The molecule has 1 aromatic heterocycles. The fraction of sp³-hybridized carbons (Fsp3) is 0.483. The molecule has 2 heteroatoms. The molecule has 2 aromatic rings. The van der Waals surface area contributed by atoms with E-state index in [2.05, 4.69) is 74.7 Å². The Balaban J connectivity index is 1.58. The van der Waals surface area contributed by atoms with Crippen LogP contribution in [0.2, 0.25) is 0 Å². The van der Waals surface area contributed by atoms with Crippen LogP contribution in [0.5, 0.6) is 0 Å². The van der Waals surface area contributed by atoms with Gasteiger partial charge in [0, 0.05) is 24.4 Å². The van der Waals surface area contributed by atoms with Gasteiger partial charge in [0.15, 0.2) is 0 Å².